The Bertz CT molecular complexity index is 692. The van der Waals surface area contributed by atoms with Crippen LogP contribution in [0, 0.1) is 0 Å². The van der Waals surface area contributed by atoms with Crippen LogP contribution in [0.1, 0.15) is 25.3 Å². The van der Waals surface area contributed by atoms with Gasteiger partial charge in [-0.2, -0.15) is 13.2 Å². The average molecular weight is 435 g/mol. The molecule has 1 N–H and O–H groups in total. The maximum atomic E-state index is 10.6. The molecule has 10 heteroatoms. The van der Waals surface area contributed by atoms with Gasteiger partial charge in [-0.3, -0.25) is 4.90 Å². The maximum Gasteiger partial charge on any atom is 0.490 e. The van der Waals surface area contributed by atoms with E-state index < -0.39 is 12.1 Å². The van der Waals surface area contributed by atoms with Gasteiger partial charge in [0.1, 0.15) is 11.5 Å². The van der Waals surface area contributed by atoms with Crippen LogP contribution in [0.2, 0.25) is 0 Å². The van der Waals surface area contributed by atoms with Crippen LogP contribution in [0.3, 0.4) is 0 Å². The van der Waals surface area contributed by atoms with Gasteiger partial charge < -0.3 is 24.1 Å². The summed E-state index contributed by atoms with van der Waals surface area (Å²) in [6, 6.07) is 6.06. The molecule has 2 fully saturated rings. The van der Waals surface area contributed by atoms with Crippen LogP contribution in [0.15, 0.2) is 18.2 Å². The molecule has 0 unspecified atom stereocenters. The quantitative estimate of drug-likeness (QED) is 0.736. The lowest BCUT2D eigenvalue weighted by Gasteiger charge is -2.23. The number of hydrogen-bond acceptors (Lipinski definition) is 6. The van der Waals surface area contributed by atoms with Crippen molar-refractivity contribution in [2.45, 2.75) is 44.2 Å². The Morgan fingerprint density at radius 3 is 2.37 bits per heavy atom. The monoisotopic (exact) mass is 435 g/mol. The second-order valence-electron chi connectivity index (χ2n) is 7.26. The number of carboxylic acid groups (broad SMARTS) is 1. The van der Waals surface area contributed by atoms with Crippen LogP contribution in [-0.4, -0.2) is 74.4 Å². The van der Waals surface area contributed by atoms with E-state index in [4.69, 9.17) is 28.8 Å². The summed E-state index contributed by atoms with van der Waals surface area (Å²) in [4.78, 5) is 11.3. The minimum atomic E-state index is -5.08. The molecule has 2 aliphatic heterocycles. The van der Waals surface area contributed by atoms with E-state index in [9.17, 15) is 13.2 Å². The van der Waals surface area contributed by atoms with Gasteiger partial charge in [0, 0.05) is 38.7 Å². The number of benzene rings is 1. The number of likely N-dealkylation sites (tertiary alicyclic amines) is 1. The smallest absolute Gasteiger partial charge is 0.490 e. The van der Waals surface area contributed by atoms with E-state index in [1.807, 2.05) is 13.0 Å². The van der Waals surface area contributed by atoms with E-state index >= 15 is 0 Å². The van der Waals surface area contributed by atoms with Gasteiger partial charge in [0.25, 0.3) is 0 Å². The van der Waals surface area contributed by atoms with Crippen molar-refractivity contribution in [1.82, 2.24) is 4.90 Å². The third-order valence-corrected chi connectivity index (χ3v) is 5.03. The van der Waals surface area contributed by atoms with Gasteiger partial charge in [0.15, 0.2) is 0 Å². The van der Waals surface area contributed by atoms with Crippen LogP contribution in [0.25, 0.3) is 0 Å². The second kappa shape index (κ2) is 10.3. The van der Waals surface area contributed by atoms with Gasteiger partial charge in [0.05, 0.1) is 32.5 Å². The average Bonchev–Trinajstić information content (AvgIpc) is 3.27. The maximum absolute atomic E-state index is 10.6. The highest BCUT2D eigenvalue weighted by Crippen LogP contribution is 2.37. The molecular weight excluding hydrogens is 407 g/mol. The summed E-state index contributed by atoms with van der Waals surface area (Å²) in [6.07, 6.45) is -2.73. The van der Waals surface area contributed by atoms with Gasteiger partial charge in [-0.15, -0.1) is 0 Å². The third-order valence-electron chi connectivity index (χ3n) is 5.03. The molecule has 3 rings (SSSR count). The van der Waals surface area contributed by atoms with Crippen molar-refractivity contribution in [1.29, 1.82) is 0 Å². The van der Waals surface area contributed by atoms with E-state index in [-0.39, 0.29) is 11.7 Å². The molecule has 0 bridgehead atoms. The fourth-order valence-electron chi connectivity index (χ4n) is 3.71. The summed E-state index contributed by atoms with van der Waals surface area (Å²) in [6.45, 7) is 6.45. The molecule has 170 valence electrons. The molecule has 0 amide bonds. The summed E-state index contributed by atoms with van der Waals surface area (Å²) in [5, 5.41) is 7.12. The summed E-state index contributed by atoms with van der Waals surface area (Å²) >= 11 is 0. The molecule has 0 aromatic heterocycles. The molecular formula is C20H28F3NO6. The zero-order valence-electron chi connectivity index (χ0n) is 17.3. The van der Waals surface area contributed by atoms with E-state index in [0.29, 0.717) is 0 Å². The molecule has 2 saturated heterocycles. The number of methoxy groups -OCH3 is 2. The zero-order chi connectivity index (χ0) is 22.4. The van der Waals surface area contributed by atoms with Crippen molar-refractivity contribution >= 4 is 5.97 Å². The molecule has 2 atom stereocenters. The van der Waals surface area contributed by atoms with Crippen molar-refractivity contribution < 1.29 is 42.0 Å². The molecule has 2 heterocycles. The molecule has 7 nitrogen and oxygen atoms in total. The van der Waals surface area contributed by atoms with E-state index in [1.165, 1.54) is 5.56 Å². The van der Waals surface area contributed by atoms with Gasteiger partial charge in [-0.25, -0.2) is 4.79 Å². The first-order valence-corrected chi connectivity index (χ1v) is 9.61. The first kappa shape index (κ1) is 24.2. The normalized spacial score (nSPS) is 23.9. The van der Waals surface area contributed by atoms with Crippen molar-refractivity contribution in [3.05, 3.63) is 23.8 Å². The fourth-order valence-corrected chi connectivity index (χ4v) is 3.71. The predicted molar refractivity (Wildman–Crippen MR) is 102 cm³/mol. The van der Waals surface area contributed by atoms with Crippen molar-refractivity contribution in [3.8, 4) is 11.5 Å². The second-order valence-corrected chi connectivity index (χ2v) is 7.26. The number of hydrogen-bond donors (Lipinski definition) is 1. The lowest BCUT2D eigenvalue weighted by Crippen LogP contribution is -2.33. The van der Waals surface area contributed by atoms with Gasteiger partial charge in [0.2, 0.25) is 0 Å². The molecule has 2 aliphatic rings. The largest absolute Gasteiger partial charge is 0.497 e. The number of alkyl halides is 3. The standard InChI is InChI=1S/C18H27NO4.C2HF3O2/c1-4-22-17-10-18(23-12-17)5-6-19(13-18)11-14-7-15(20-2)9-16(8-14)21-3;3-2(4,5)1(6)7/h7-9,17H,4-6,10-13H2,1-3H3;(H,6,7)/t17-,18-;/m0./s1. The molecule has 0 radical (unpaired) electrons. The van der Waals surface area contributed by atoms with Crippen LogP contribution < -0.4 is 9.47 Å². The molecule has 0 aliphatic carbocycles. The Balaban J connectivity index is 0.000000396. The topological polar surface area (TPSA) is 77.5 Å². The lowest BCUT2D eigenvalue weighted by molar-refractivity contribution is -0.192. The highest BCUT2D eigenvalue weighted by atomic mass is 19.4. The van der Waals surface area contributed by atoms with Gasteiger partial charge in [-0.05, 0) is 31.0 Å². The third kappa shape index (κ3) is 6.75. The minimum Gasteiger partial charge on any atom is -0.497 e. The van der Waals surface area contributed by atoms with Crippen LogP contribution in [0.4, 0.5) is 13.2 Å². The number of nitrogens with zero attached hydrogens (tertiary/aromatic N) is 1. The summed E-state index contributed by atoms with van der Waals surface area (Å²) in [5.41, 5.74) is 1.19. The molecule has 0 saturated carbocycles. The first-order valence-electron chi connectivity index (χ1n) is 9.61. The lowest BCUT2D eigenvalue weighted by atomic mass is 9.98. The molecule has 1 aromatic rings. The van der Waals surface area contributed by atoms with E-state index in [1.54, 1.807) is 14.2 Å². The van der Waals surface area contributed by atoms with E-state index in [2.05, 4.69) is 17.0 Å². The number of ether oxygens (including phenoxy) is 4. The predicted octanol–water partition coefficient (Wildman–Crippen LogP) is 3.11. The van der Waals surface area contributed by atoms with Crippen LogP contribution in [0.5, 0.6) is 11.5 Å². The Kier molecular flexibility index (Phi) is 8.34. The van der Waals surface area contributed by atoms with Crippen molar-refractivity contribution in [3.63, 3.8) is 0 Å². The summed E-state index contributed by atoms with van der Waals surface area (Å²) < 4.78 is 54.3. The fraction of sp³-hybridized carbons (Fsp3) is 0.650. The van der Waals surface area contributed by atoms with Crippen LogP contribution >= 0.6 is 0 Å². The number of aliphatic carboxylic acids is 1. The molecule has 30 heavy (non-hydrogen) atoms. The van der Waals surface area contributed by atoms with Crippen molar-refractivity contribution in [2.75, 3.05) is 40.5 Å². The summed E-state index contributed by atoms with van der Waals surface area (Å²) in [5.74, 6) is -1.09. The Hall–Kier alpha value is -2.04. The van der Waals surface area contributed by atoms with Crippen LogP contribution in [-0.2, 0) is 20.8 Å². The Labute approximate surface area is 173 Å². The number of halogens is 3. The summed E-state index contributed by atoms with van der Waals surface area (Å²) in [7, 11) is 3.37. The highest BCUT2D eigenvalue weighted by molar-refractivity contribution is 5.73. The first-order chi connectivity index (χ1) is 14.1. The van der Waals surface area contributed by atoms with E-state index in [0.717, 1.165) is 57.2 Å². The highest BCUT2D eigenvalue weighted by Gasteiger charge is 2.45. The Morgan fingerprint density at radius 2 is 1.87 bits per heavy atom. The zero-order valence-corrected chi connectivity index (χ0v) is 17.3. The minimum absolute atomic E-state index is 0.0111. The SMILES string of the molecule is CCO[C@@H]1CO[C@@]2(CCN(Cc3cc(OC)cc(OC)c3)C2)C1.O=C(O)C(F)(F)F. The molecule has 1 aromatic carbocycles. The number of rotatable bonds is 6. The van der Waals surface area contributed by atoms with Gasteiger partial charge in [-0.1, -0.05) is 0 Å². The Morgan fingerprint density at radius 1 is 1.27 bits per heavy atom. The molecule has 1 spiro atoms. The van der Waals surface area contributed by atoms with Crippen molar-refractivity contribution in [2.24, 2.45) is 0 Å². The number of carboxylic acids is 1. The van der Waals surface area contributed by atoms with Gasteiger partial charge >= 0.3 is 12.1 Å². The number of carbonyl (C=O) groups is 1.